The number of halogens is 2. The van der Waals surface area contributed by atoms with Crippen molar-refractivity contribution in [2.75, 3.05) is 5.32 Å². The molecule has 0 aromatic heterocycles. The second-order valence-corrected chi connectivity index (χ2v) is 6.43. The van der Waals surface area contributed by atoms with E-state index in [0.717, 1.165) is 5.56 Å². The summed E-state index contributed by atoms with van der Waals surface area (Å²) in [5.41, 5.74) is 2.22. The third-order valence-corrected chi connectivity index (χ3v) is 3.63. The third-order valence-electron chi connectivity index (χ3n) is 3.63. The van der Waals surface area contributed by atoms with Gasteiger partial charge in [-0.25, -0.2) is 4.79 Å². The van der Waals surface area contributed by atoms with Gasteiger partial charge in [0.25, 0.3) is 0 Å². The predicted octanol–water partition coefficient (Wildman–Crippen LogP) is 3.68. The molecule has 28 heavy (non-hydrogen) atoms. The summed E-state index contributed by atoms with van der Waals surface area (Å²) in [5.74, 6) is -0.143. The molecule has 0 aliphatic rings. The number of alkyl halides is 2. The third kappa shape index (κ3) is 7.61. The summed E-state index contributed by atoms with van der Waals surface area (Å²) in [5, 5.41) is 8.24. The van der Waals surface area contributed by atoms with E-state index >= 15 is 0 Å². The van der Waals surface area contributed by atoms with Crippen LogP contribution in [0.2, 0.25) is 0 Å². The molecular weight excluding hydrogens is 368 g/mol. The second kappa shape index (κ2) is 10.2. The Labute approximate surface area is 162 Å². The molecule has 0 aliphatic carbocycles. The molecule has 3 N–H and O–H groups in total. The number of hydrogen-bond donors (Lipinski definition) is 3. The lowest BCUT2D eigenvalue weighted by Gasteiger charge is -2.11. The number of urea groups is 1. The molecule has 0 unspecified atom stereocenters. The van der Waals surface area contributed by atoms with Gasteiger partial charge in [0, 0.05) is 18.3 Å². The van der Waals surface area contributed by atoms with Crippen molar-refractivity contribution in [3.8, 4) is 5.75 Å². The van der Waals surface area contributed by atoms with Crippen LogP contribution in [0.1, 0.15) is 25.0 Å². The van der Waals surface area contributed by atoms with Crippen LogP contribution in [0.3, 0.4) is 0 Å². The minimum atomic E-state index is -2.87. The first-order valence-electron chi connectivity index (χ1n) is 8.78. The first kappa shape index (κ1) is 21.1. The van der Waals surface area contributed by atoms with E-state index in [9.17, 15) is 18.4 Å². The van der Waals surface area contributed by atoms with Crippen LogP contribution in [-0.2, 0) is 17.8 Å². The highest BCUT2D eigenvalue weighted by atomic mass is 19.3. The number of amides is 3. The topological polar surface area (TPSA) is 79.5 Å². The zero-order chi connectivity index (χ0) is 20.5. The maximum Gasteiger partial charge on any atom is 0.387 e. The fourth-order valence-electron chi connectivity index (χ4n) is 2.37. The Morgan fingerprint density at radius 2 is 1.57 bits per heavy atom. The summed E-state index contributed by atoms with van der Waals surface area (Å²) in [6.45, 7) is 1.21. The molecule has 0 saturated carbocycles. The highest BCUT2D eigenvalue weighted by molar-refractivity contribution is 5.89. The van der Waals surface area contributed by atoms with E-state index in [1.54, 1.807) is 24.3 Å². The maximum absolute atomic E-state index is 12.1. The van der Waals surface area contributed by atoms with Gasteiger partial charge < -0.3 is 20.7 Å². The van der Waals surface area contributed by atoms with Crippen LogP contribution < -0.4 is 20.7 Å². The van der Waals surface area contributed by atoms with Gasteiger partial charge in [0.2, 0.25) is 5.91 Å². The Morgan fingerprint density at radius 3 is 2.14 bits per heavy atom. The molecule has 0 saturated heterocycles. The Hall–Kier alpha value is -3.16. The number of carbonyl (C=O) groups excluding carboxylic acids is 2. The summed E-state index contributed by atoms with van der Waals surface area (Å²) in [4.78, 5) is 23.7. The van der Waals surface area contributed by atoms with E-state index in [2.05, 4.69) is 20.7 Å². The molecule has 0 radical (unpaired) electrons. The Morgan fingerprint density at radius 1 is 0.964 bits per heavy atom. The lowest BCUT2D eigenvalue weighted by atomic mass is 10.1. The summed E-state index contributed by atoms with van der Waals surface area (Å²) in [7, 11) is 0. The lowest BCUT2D eigenvalue weighted by Crippen LogP contribution is -2.34. The summed E-state index contributed by atoms with van der Waals surface area (Å²) >= 11 is 0. The zero-order valence-corrected chi connectivity index (χ0v) is 15.7. The molecule has 0 spiro atoms. The van der Waals surface area contributed by atoms with Crippen molar-refractivity contribution < 1.29 is 23.1 Å². The molecule has 0 bridgehead atoms. The van der Waals surface area contributed by atoms with Crippen molar-refractivity contribution in [3.05, 3.63) is 59.7 Å². The van der Waals surface area contributed by atoms with Crippen LogP contribution in [-0.4, -0.2) is 24.6 Å². The minimum Gasteiger partial charge on any atom is -0.435 e. The number of rotatable bonds is 8. The molecule has 150 valence electrons. The maximum atomic E-state index is 12.1. The number of ether oxygens (including phenoxy) is 1. The standard InChI is InChI=1S/C20H23F2N3O3/c1-13(2)24-20(27)25-16-7-3-15(4-8-16)12-23-18(26)11-14-5-9-17(10-6-14)28-19(21)22/h3-10,13,19H,11-12H2,1-2H3,(H,23,26)(H2,24,25,27). The molecule has 0 fully saturated rings. The van der Waals surface area contributed by atoms with Crippen molar-refractivity contribution in [1.82, 2.24) is 10.6 Å². The molecule has 0 heterocycles. The minimum absolute atomic E-state index is 0.0440. The van der Waals surface area contributed by atoms with Gasteiger partial charge in [-0.15, -0.1) is 0 Å². The normalized spacial score (nSPS) is 10.6. The largest absolute Gasteiger partial charge is 0.435 e. The van der Waals surface area contributed by atoms with E-state index in [1.807, 2.05) is 26.0 Å². The molecule has 2 rings (SSSR count). The van der Waals surface area contributed by atoms with Crippen LogP contribution in [0.25, 0.3) is 0 Å². The molecule has 3 amide bonds. The molecule has 2 aromatic carbocycles. The van der Waals surface area contributed by atoms with Crippen LogP contribution in [0.4, 0.5) is 19.3 Å². The van der Waals surface area contributed by atoms with Crippen LogP contribution >= 0.6 is 0 Å². The molecule has 0 aliphatic heterocycles. The van der Waals surface area contributed by atoms with Crippen LogP contribution in [0, 0.1) is 0 Å². The lowest BCUT2D eigenvalue weighted by molar-refractivity contribution is -0.120. The average molecular weight is 391 g/mol. The van der Waals surface area contributed by atoms with Crippen molar-refractivity contribution in [2.45, 2.75) is 39.5 Å². The number of hydrogen-bond acceptors (Lipinski definition) is 3. The SMILES string of the molecule is CC(C)NC(=O)Nc1ccc(CNC(=O)Cc2ccc(OC(F)F)cc2)cc1. The first-order chi connectivity index (χ1) is 13.3. The second-order valence-electron chi connectivity index (χ2n) is 6.43. The summed E-state index contributed by atoms with van der Waals surface area (Å²) in [6.07, 6.45) is 0.129. The van der Waals surface area contributed by atoms with Crippen LogP contribution in [0.15, 0.2) is 48.5 Å². The highest BCUT2D eigenvalue weighted by Crippen LogP contribution is 2.15. The fraction of sp³-hybridized carbons (Fsp3) is 0.300. The van der Waals surface area contributed by atoms with Crippen LogP contribution in [0.5, 0.6) is 5.75 Å². The average Bonchev–Trinajstić information content (AvgIpc) is 2.61. The molecule has 6 nitrogen and oxygen atoms in total. The molecule has 2 aromatic rings. The fourth-order valence-corrected chi connectivity index (χ4v) is 2.37. The first-order valence-corrected chi connectivity index (χ1v) is 8.78. The zero-order valence-electron chi connectivity index (χ0n) is 15.7. The van der Waals surface area contributed by atoms with Gasteiger partial charge in [-0.05, 0) is 49.2 Å². The van der Waals surface area contributed by atoms with E-state index in [-0.39, 0.29) is 30.2 Å². The van der Waals surface area contributed by atoms with E-state index in [0.29, 0.717) is 17.8 Å². The van der Waals surface area contributed by atoms with Gasteiger partial charge in [0.05, 0.1) is 6.42 Å². The Balaban J connectivity index is 1.78. The van der Waals surface area contributed by atoms with Gasteiger partial charge in [-0.3, -0.25) is 4.79 Å². The van der Waals surface area contributed by atoms with Gasteiger partial charge >= 0.3 is 12.6 Å². The Kier molecular flexibility index (Phi) is 7.74. The van der Waals surface area contributed by atoms with Crippen molar-refractivity contribution in [1.29, 1.82) is 0 Å². The number of carbonyl (C=O) groups is 2. The molecular formula is C20H23F2N3O3. The van der Waals surface area contributed by atoms with Gasteiger partial charge in [0.15, 0.2) is 0 Å². The smallest absolute Gasteiger partial charge is 0.387 e. The summed E-state index contributed by atoms with van der Waals surface area (Å²) in [6, 6.07) is 12.8. The van der Waals surface area contributed by atoms with Gasteiger partial charge in [-0.1, -0.05) is 24.3 Å². The Bertz CT molecular complexity index is 778. The van der Waals surface area contributed by atoms with Gasteiger partial charge in [0.1, 0.15) is 5.75 Å². The van der Waals surface area contributed by atoms with Gasteiger partial charge in [-0.2, -0.15) is 8.78 Å². The quantitative estimate of drug-likeness (QED) is 0.642. The molecule has 8 heteroatoms. The monoisotopic (exact) mass is 391 g/mol. The number of benzene rings is 2. The van der Waals surface area contributed by atoms with Crippen molar-refractivity contribution >= 4 is 17.6 Å². The predicted molar refractivity (Wildman–Crippen MR) is 102 cm³/mol. The highest BCUT2D eigenvalue weighted by Gasteiger charge is 2.07. The van der Waals surface area contributed by atoms with E-state index in [1.165, 1.54) is 12.1 Å². The van der Waals surface area contributed by atoms with E-state index in [4.69, 9.17) is 0 Å². The number of anilines is 1. The van der Waals surface area contributed by atoms with Crippen molar-refractivity contribution in [2.24, 2.45) is 0 Å². The molecule has 0 atom stereocenters. The summed E-state index contributed by atoms with van der Waals surface area (Å²) < 4.78 is 28.5. The number of nitrogens with one attached hydrogen (secondary N) is 3. The van der Waals surface area contributed by atoms with E-state index < -0.39 is 6.61 Å². The van der Waals surface area contributed by atoms with Crippen molar-refractivity contribution in [3.63, 3.8) is 0 Å².